The molecule has 0 fully saturated rings. The van der Waals surface area contributed by atoms with Gasteiger partial charge in [-0.1, -0.05) is 6.92 Å². The second-order valence-corrected chi connectivity index (χ2v) is 6.14. The van der Waals surface area contributed by atoms with Crippen molar-refractivity contribution in [3.63, 3.8) is 0 Å². The summed E-state index contributed by atoms with van der Waals surface area (Å²) in [5, 5.41) is 11.3. The second-order valence-electron chi connectivity index (χ2n) is 5.07. The molecule has 0 spiro atoms. The van der Waals surface area contributed by atoms with Crippen molar-refractivity contribution in [3.8, 4) is 0 Å². The molecular weight excluding hydrogens is 282 g/mol. The Morgan fingerprint density at radius 2 is 2.29 bits per heavy atom. The van der Waals surface area contributed by atoms with Gasteiger partial charge in [0, 0.05) is 35.8 Å². The molecule has 5 nitrogen and oxygen atoms in total. The number of rotatable bonds is 6. The third-order valence-electron chi connectivity index (χ3n) is 3.45. The number of nitrogens with one attached hydrogen (secondary N) is 1. The Kier molecular flexibility index (Phi) is 4.26. The van der Waals surface area contributed by atoms with Crippen molar-refractivity contribution in [1.82, 2.24) is 24.9 Å². The van der Waals surface area contributed by atoms with E-state index in [9.17, 15) is 0 Å². The van der Waals surface area contributed by atoms with Crippen molar-refractivity contribution >= 4 is 16.9 Å². The van der Waals surface area contributed by atoms with Gasteiger partial charge in [0.2, 0.25) is 0 Å². The highest BCUT2D eigenvalue weighted by molar-refractivity contribution is 7.09. The van der Waals surface area contributed by atoms with Crippen molar-refractivity contribution < 1.29 is 0 Å². The summed E-state index contributed by atoms with van der Waals surface area (Å²) in [4.78, 5) is 8.80. The normalized spacial score (nSPS) is 12.9. The van der Waals surface area contributed by atoms with E-state index in [0.29, 0.717) is 0 Å². The molecule has 0 saturated carbocycles. The lowest BCUT2D eigenvalue weighted by molar-refractivity contribution is 0.528. The Hall–Kier alpha value is -1.79. The highest BCUT2D eigenvalue weighted by Crippen LogP contribution is 2.23. The summed E-state index contributed by atoms with van der Waals surface area (Å²) in [6, 6.07) is 0.216. The van der Waals surface area contributed by atoms with E-state index in [1.807, 2.05) is 30.0 Å². The average molecular weight is 301 g/mol. The first-order valence-corrected chi connectivity index (χ1v) is 8.07. The predicted octanol–water partition coefficient (Wildman–Crippen LogP) is 2.78. The van der Waals surface area contributed by atoms with Gasteiger partial charge in [0.25, 0.3) is 0 Å². The van der Waals surface area contributed by atoms with Crippen LogP contribution in [0.15, 0.2) is 30.2 Å². The maximum Gasteiger partial charge on any atom is 0.0897 e. The van der Waals surface area contributed by atoms with Crippen LogP contribution >= 0.6 is 11.3 Å². The first-order chi connectivity index (χ1) is 10.3. The first-order valence-electron chi connectivity index (χ1n) is 7.19. The molecule has 0 aliphatic carbocycles. The molecular formula is C15H19N5S. The molecule has 1 unspecified atom stereocenters. The lowest BCUT2D eigenvalue weighted by Gasteiger charge is -2.16. The van der Waals surface area contributed by atoms with Crippen molar-refractivity contribution in [3.05, 3.63) is 46.4 Å². The van der Waals surface area contributed by atoms with E-state index < -0.39 is 0 Å². The van der Waals surface area contributed by atoms with E-state index in [0.717, 1.165) is 35.6 Å². The quantitative estimate of drug-likeness (QED) is 0.760. The largest absolute Gasteiger partial charge is 0.309 e. The van der Waals surface area contributed by atoms with E-state index in [4.69, 9.17) is 0 Å². The Morgan fingerprint density at radius 1 is 1.38 bits per heavy atom. The lowest BCUT2D eigenvalue weighted by Crippen LogP contribution is -2.24. The van der Waals surface area contributed by atoms with Crippen LogP contribution < -0.4 is 5.32 Å². The van der Waals surface area contributed by atoms with Crippen LogP contribution in [0.25, 0.3) is 5.52 Å². The fraction of sp³-hybridized carbons (Fsp3) is 0.400. The minimum Gasteiger partial charge on any atom is -0.309 e. The summed E-state index contributed by atoms with van der Waals surface area (Å²) < 4.78 is 1.87. The number of aromatic nitrogens is 4. The van der Waals surface area contributed by atoms with Gasteiger partial charge in [-0.25, -0.2) is 9.50 Å². The van der Waals surface area contributed by atoms with Crippen LogP contribution in [-0.4, -0.2) is 26.1 Å². The molecule has 0 amide bonds. The van der Waals surface area contributed by atoms with E-state index in [-0.39, 0.29) is 6.04 Å². The van der Waals surface area contributed by atoms with Crippen LogP contribution in [0.1, 0.15) is 35.7 Å². The summed E-state index contributed by atoms with van der Waals surface area (Å²) in [7, 11) is 0. The summed E-state index contributed by atoms with van der Waals surface area (Å²) in [5.41, 5.74) is 3.37. The predicted molar refractivity (Wildman–Crippen MR) is 84.6 cm³/mol. The van der Waals surface area contributed by atoms with Crippen LogP contribution in [0.2, 0.25) is 0 Å². The number of hydrogen-bond donors (Lipinski definition) is 1. The molecule has 0 radical (unpaired) electrons. The van der Waals surface area contributed by atoms with Crippen LogP contribution in [0.5, 0.6) is 0 Å². The van der Waals surface area contributed by atoms with Gasteiger partial charge in [0.05, 0.1) is 28.6 Å². The van der Waals surface area contributed by atoms with E-state index in [1.165, 1.54) is 5.56 Å². The van der Waals surface area contributed by atoms with Crippen LogP contribution in [0, 0.1) is 6.92 Å². The second kappa shape index (κ2) is 6.32. The molecule has 0 aliphatic rings. The zero-order valence-electron chi connectivity index (χ0n) is 12.3. The molecule has 0 saturated heterocycles. The van der Waals surface area contributed by atoms with Gasteiger partial charge < -0.3 is 5.32 Å². The minimum atomic E-state index is 0.216. The smallest absolute Gasteiger partial charge is 0.0897 e. The molecule has 110 valence electrons. The summed E-state index contributed by atoms with van der Waals surface area (Å²) in [6.45, 7) is 5.20. The first kappa shape index (κ1) is 14.2. The third-order valence-corrected chi connectivity index (χ3v) is 4.27. The monoisotopic (exact) mass is 301 g/mol. The van der Waals surface area contributed by atoms with Crippen molar-refractivity contribution in [2.45, 2.75) is 32.7 Å². The third kappa shape index (κ3) is 3.11. The van der Waals surface area contributed by atoms with Gasteiger partial charge in [0.15, 0.2) is 0 Å². The summed E-state index contributed by atoms with van der Waals surface area (Å²) in [5.74, 6) is 0. The van der Waals surface area contributed by atoms with Crippen LogP contribution in [0.4, 0.5) is 0 Å². The van der Waals surface area contributed by atoms with Crippen LogP contribution in [0.3, 0.4) is 0 Å². The van der Waals surface area contributed by atoms with Gasteiger partial charge in [-0.2, -0.15) is 5.10 Å². The maximum absolute atomic E-state index is 4.58. The number of nitrogens with zero attached hydrogens (tertiary/aromatic N) is 4. The van der Waals surface area contributed by atoms with Crippen molar-refractivity contribution in [2.75, 3.05) is 6.54 Å². The minimum absolute atomic E-state index is 0.216. The number of hydrogen-bond acceptors (Lipinski definition) is 5. The molecule has 0 aliphatic heterocycles. The number of aryl methyl sites for hydroxylation is 1. The standard InChI is InChI=1S/C15H19N5S/c1-3-4-17-14(7-12-10-21-11(2)19-12)13-8-18-20-6-5-16-9-15(13)20/h5-6,8-10,14,17H,3-4,7H2,1-2H3. The zero-order chi connectivity index (χ0) is 14.7. The molecule has 1 N–H and O–H groups in total. The molecule has 3 aromatic heterocycles. The Bertz CT molecular complexity index is 718. The van der Waals surface area contributed by atoms with Gasteiger partial charge in [-0.3, -0.25) is 4.98 Å². The molecule has 3 aromatic rings. The highest BCUT2D eigenvalue weighted by Gasteiger charge is 2.17. The van der Waals surface area contributed by atoms with Gasteiger partial charge >= 0.3 is 0 Å². The van der Waals surface area contributed by atoms with Crippen molar-refractivity contribution in [1.29, 1.82) is 0 Å². The number of thiazole rings is 1. The molecule has 0 bridgehead atoms. The lowest BCUT2D eigenvalue weighted by atomic mass is 10.0. The van der Waals surface area contributed by atoms with Gasteiger partial charge in [0.1, 0.15) is 0 Å². The molecule has 0 aromatic carbocycles. The van der Waals surface area contributed by atoms with E-state index >= 15 is 0 Å². The summed E-state index contributed by atoms with van der Waals surface area (Å²) in [6.07, 6.45) is 9.41. The molecule has 3 heterocycles. The summed E-state index contributed by atoms with van der Waals surface area (Å²) >= 11 is 1.70. The van der Waals surface area contributed by atoms with E-state index in [1.54, 1.807) is 17.5 Å². The number of fused-ring (bicyclic) bond motifs is 1. The fourth-order valence-corrected chi connectivity index (χ4v) is 3.07. The average Bonchev–Trinajstić information content (AvgIpc) is 3.09. The SMILES string of the molecule is CCCNC(Cc1csc(C)n1)c1cnn2ccncc12. The highest BCUT2D eigenvalue weighted by atomic mass is 32.1. The Balaban J connectivity index is 1.91. The van der Waals surface area contributed by atoms with Crippen LogP contribution in [-0.2, 0) is 6.42 Å². The Labute approximate surface area is 128 Å². The molecule has 21 heavy (non-hydrogen) atoms. The van der Waals surface area contributed by atoms with E-state index in [2.05, 4.69) is 32.7 Å². The maximum atomic E-state index is 4.58. The van der Waals surface area contributed by atoms with Crippen molar-refractivity contribution in [2.24, 2.45) is 0 Å². The molecule has 3 rings (SSSR count). The fourth-order valence-electron chi connectivity index (χ4n) is 2.44. The van der Waals surface area contributed by atoms with Gasteiger partial charge in [-0.05, 0) is 19.9 Å². The van der Waals surface area contributed by atoms with Gasteiger partial charge in [-0.15, -0.1) is 11.3 Å². The Morgan fingerprint density at radius 3 is 3.05 bits per heavy atom. The molecule has 6 heteroatoms. The topological polar surface area (TPSA) is 55.1 Å². The zero-order valence-corrected chi connectivity index (χ0v) is 13.1. The molecule has 1 atom stereocenters.